The fraction of sp³-hybridized carbons (Fsp3) is 0.389. The van der Waals surface area contributed by atoms with Crippen LogP contribution in [0.2, 0.25) is 0 Å². The molecule has 1 aliphatic carbocycles. The molecule has 5 nitrogen and oxygen atoms in total. The lowest BCUT2D eigenvalue weighted by atomic mass is 9.96. The molecule has 0 atom stereocenters. The van der Waals surface area contributed by atoms with Crippen LogP contribution in [0.3, 0.4) is 0 Å². The summed E-state index contributed by atoms with van der Waals surface area (Å²) >= 11 is 0. The van der Waals surface area contributed by atoms with Crippen LogP contribution in [-0.2, 0) is 17.6 Å². The minimum absolute atomic E-state index is 0.0427. The van der Waals surface area contributed by atoms with E-state index in [2.05, 4.69) is 41.0 Å². The quantitative estimate of drug-likeness (QED) is 0.826. The molecular formula is C18H20N2O3. The summed E-state index contributed by atoms with van der Waals surface area (Å²) in [6.45, 7) is 3.46. The first kappa shape index (κ1) is 15.5. The topological polar surface area (TPSA) is 76.2 Å². The summed E-state index contributed by atoms with van der Waals surface area (Å²) in [5, 5.41) is 12.7. The van der Waals surface area contributed by atoms with Gasteiger partial charge in [0.15, 0.2) is 5.82 Å². The fourth-order valence-corrected chi connectivity index (χ4v) is 3.04. The van der Waals surface area contributed by atoms with Crippen molar-refractivity contribution in [2.45, 2.75) is 44.4 Å². The molecule has 1 aromatic heterocycles. The van der Waals surface area contributed by atoms with Gasteiger partial charge in [0.1, 0.15) is 0 Å². The van der Waals surface area contributed by atoms with Crippen molar-refractivity contribution in [2.24, 2.45) is 0 Å². The minimum Gasteiger partial charge on any atom is -0.478 e. The highest BCUT2D eigenvalue weighted by Gasteiger charge is 2.17. The van der Waals surface area contributed by atoms with Crippen LogP contribution in [0.15, 0.2) is 40.9 Å². The van der Waals surface area contributed by atoms with E-state index < -0.39 is 5.97 Å². The maximum absolute atomic E-state index is 10.8. The van der Waals surface area contributed by atoms with Crippen molar-refractivity contribution < 1.29 is 14.4 Å². The second-order valence-corrected chi connectivity index (χ2v) is 6.09. The van der Waals surface area contributed by atoms with Crippen molar-refractivity contribution in [1.82, 2.24) is 10.1 Å². The molecule has 0 spiro atoms. The van der Waals surface area contributed by atoms with Gasteiger partial charge in [0.05, 0.1) is 6.42 Å². The van der Waals surface area contributed by atoms with Crippen LogP contribution in [-0.4, -0.2) is 21.2 Å². The molecule has 0 radical (unpaired) electrons. The predicted octanol–water partition coefficient (Wildman–Crippen LogP) is 3.50. The number of benzene rings is 1. The fourth-order valence-electron chi connectivity index (χ4n) is 3.04. The van der Waals surface area contributed by atoms with Crippen LogP contribution in [0.25, 0.3) is 0 Å². The monoisotopic (exact) mass is 312 g/mol. The van der Waals surface area contributed by atoms with E-state index in [0.29, 0.717) is 18.2 Å². The lowest BCUT2D eigenvalue weighted by molar-refractivity contribution is -0.132. The SMILES string of the molecule is C=C(Cc1nc(Cc2ccc(C3CCCC3)cc2)no1)C(=O)O. The summed E-state index contributed by atoms with van der Waals surface area (Å²) in [5.74, 6) is 0.511. The van der Waals surface area contributed by atoms with Gasteiger partial charge in [0, 0.05) is 12.0 Å². The Balaban J connectivity index is 1.62. The molecule has 0 aliphatic heterocycles. The number of rotatable bonds is 6. The van der Waals surface area contributed by atoms with E-state index in [1.807, 2.05) is 0 Å². The van der Waals surface area contributed by atoms with Crippen LogP contribution >= 0.6 is 0 Å². The number of carbonyl (C=O) groups is 1. The molecule has 0 saturated heterocycles. The van der Waals surface area contributed by atoms with Crippen molar-refractivity contribution in [3.63, 3.8) is 0 Å². The molecule has 0 bridgehead atoms. The van der Waals surface area contributed by atoms with E-state index in [1.54, 1.807) is 0 Å². The number of aromatic nitrogens is 2. The van der Waals surface area contributed by atoms with Gasteiger partial charge >= 0.3 is 5.97 Å². The normalized spacial score (nSPS) is 15.0. The molecule has 1 heterocycles. The highest BCUT2D eigenvalue weighted by Crippen LogP contribution is 2.34. The molecule has 0 unspecified atom stereocenters. The van der Waals surface area contributed by atoms with Gasteiger partial charge in [0.2, 0.25) is 5.89 Å². The van der Waals surface area contributed by atoms with Gasteiger partial charge in [-0.3, -0.25) is 0 Å². The van der Waals surface area contributed by atoms with Crippen molar-refractivity contribution in [1.29, 1.82) is 0 Å². The Morgan fingerprint density at radius 1 is 1.26 bits per heavy atom. The van der Waals surface area contributed by atoms with Gasteiger partial charge in [-0.05, 0) is 29.9 Å². The molecule has 1 N–H and O–H groups in total. The van der Waals surface area contributed by atoms with E-state index in [0.717, 1.165) is 5.56 Å². The van der Waals surface area contributed by atoms with Gasteiger partial charge in [-0.25, -0.2) is 4.79 Å². The van der Waals surface area contributed by atoms with Crippen molar-refractivity contribution in [3.8, 4) is 0 Å². The molecule has 1 fully saturated rings. The van der Waals surface area contributed by atoms with E-state index in [9.17, 15) is 4.79 Å². The second-order valence-electron chi connectivity index (χ2n) is 6.09. The summed E-state index contributed by atoms with van der Waals surface area (Å²) in [5.41, 5.74) is 2.58. The minimum atomic E-state index is -1.05. The first-order valence-corrected chi connectivity index (χ1v) is 7.93. The van der Waals surface area contributed by atoms with Crippen LogP contribution < -0.4 is 0 Å². The molecule has 120 valence electrons. The molecular weight excluding hydrogens is 292 g/mol. The summed E-state index contributed by atoms with van der Waals surface area (Å²) in [6, 6.07) is 8.61. The highest BCUT2D eigenvalue weighted by molar-refractivity contribution is 5.86. The van der Waals surface area contributed by atoms with E-state index in [4.69, 9.17) is 9.63 Å². The standard InChI is InChI=1S/C18H20N2O3/c1-12(18(21)22)10-17-19-16(20-23-17)11-13-6-8-15(9-7-13)14-4-2-3-5-14/h6-9,14H,1-5,10-11H2,(H,21,22). The van der Waals surface area contributed by atoms with Gasteiger partial charge in [-0.15, -0.1) is 0 Å². The summed E-state index contributed by atoms with van der Waals surface area (Å²) < 4.78 is 5.08. The van der Waals surface area contributed by atoms with Crippen LogP contribution in [0, 0.1) is 0 Å². The van der Waals surface area contributed by atoms with Crippen LogP contribution in [0.4, 0.5) is 0 Å². The van der Waals surface area contributed by atoms with E-state index in [-0.39, 0.29) is 17.9 Å². The summed E-state index contributed by atoms with van der Waals surface area (Å²) in [6.07, 6.45) is 5.90. The summed E-state index contributed by atoms with van der Waals surface area (Å²) in [4.78, 5) is 15.0. The Hall–Kier alpha value is -2.43. The second kappa shape index (κ2) is 6.77. The zero-order chi connectivity index (χ0) is 16.2. The summed E-state index contributed by atoms with van der Waals surface area (Å²) in [7, 11) is 0. The first-order chi connectivity index (χ1) is 11.1. The predicted molar refractivity (Wildman–Crippen MR) is 85.2 cm³/mol. The lowest BCUT2D eigenvalue weighted by Crippen LogP contribution is -2.02. The third-order valence-electron chi connectivity index (χ3n) is 4.35. The maximum atomic E-state index is 10.8. The molecule has 3 rings (SSSR count). The van der Waals surface area contributed by atoms with Gasteiger partial charge < -0.3 is 9.63 Å². The number of hydrogen-bond donors (Lipinski definition) is 1. The zero-order valence-electron chi connectivity index (χ0n) is 13.0. The van der Waals surface area contributed by atoms with Gasteiger partial charge in [-0.1, -0.05) is 48.8 Å². The molecule has 1 aromatic carbocycles. The third-order valence-corrected chi connectivity index (χ3v) is 4.35. The molecule has 1 saturated carbocycles. The number of carboxylic acid groups (broad SMARTS) is 1. The Kier molecular flexibility index (Phi) is 4.55. The number of hydrogen-bond acceptors (Lipinski definition) is 4. The lowest BCUT2D eigenvalue weighted by Gasteiger charge is -2.09. The van der Waals surface area contributed by atoms with Crippen molar-refractivity contribution in [2.75, 3.05) is 0 Å². The Labute approximate surface area is 135 Å². The number of nitrogens with zero attached hydrogens (tertiary/aromatic N) is 2. The number of carboxylic acids is 1. The smallest absolute Gasteiger partial charge is 0.331 e. The average Bonchev–Trinajstić information content (AvgIpc) is 3.20. The first-order valence-electron chi connectivity index (χ1n) is 7.93. The maximum Gasteiger partial charge on any atom is 0.331 e. The van der Waals surface area contributed by atoms with Gasteiger partial charge in [-0.2, -0.15) is 4.98 Å². The molecule has 23 heavy (non-hydrogen) atoms. The number of aliphatic carboxylic acids is 1. The zero-order valence-corrected chi connectivity index (χ0v) is 13.0. The van der Waals surface area contributed by atoms with Gasteiger partial charge in [0.25, 0.3) is 0 Å². The third kappa shape index (κ3) is 3.86. The van der Waals surface area contributed by atoms with Crippen LogP contribution in [0.1, 0.15) is 54.4 Å². The average molecular weight is 312 g/mol. The molecule has 0 amide bonds. The molecule has 2 aromatic rings. The van der Waals surface area contributed by atoms with Crippen molar-refractivity contribution >= 4 is 5.97 Å². The largest absolute Gasteiger partial charge is 0.478 e. The highest BCUT2D eigenvalue weighted by atomic mass is 16.5. The Morgan fingerprint density at radius 2 is 1.96 bits per heavy atom. The van der Waals surface area contributed by atoms with Crippen LogP contribution in [0.5, 0.6) is 0 Å². The molecule has 1 aliphatic rings. The molecule has 5 heteroatoms. The van der Waals surface area contributed by atoms with Crippen molar-refractivity contribution in [3.05, 3.63) is 59.3 Å². The van der Waals surface area contributed by atoms with E-state index >= 15 is 0 Å². The Bertz CT molecular complexity index is 697. The Morgan fingerprint density at radius 3 is 2.61 bits per heavy atom. The van der Waals surface area contributed by atoms with E-state index in [1.165, 1.54) is 31.2 Å².